The van der Waals surface area contributed by atoms with E-state index in [2.05, 4.69) is 25.0 Å². The minimum absolute atomic E-state index is 0.0432. The van der Waals surface area contributed by atoms with Crippen LogP contribution in [0.3, 0.4) is 0 Å². The molecule has 10 heteroatoms. The highest BCUT2D eigenvalue weighted by atomic mass is 16.5. The largest absolute Gasteiger partial charge is 0.394 e. The van der Waals surface area contributed by atoms with Gasteiger partial charge in [-0.15, -0.1) is 13.2 Å². The second-order valence-corrected chi connectivity index (χ2v) is 12.3. The van der Waals surface area contributed by atoms with Crippen LogP contribution in [-0.2, 0) is 23.9 Å². The van der Waals surface area contributed by atoms with Crippen LogP contribution in [0.25, 0.3) is 0 Å². The molecule has 0 saturated carbocycles. The van der Waals surface area contributed by atoms with Crippen LogP contribution < -0.4 is 0 Å². The number of fused-ring (bicyclic) bond motifs is 1. The van der Waals surface area contributed by atoms with Gasteiger partial charge in [0, 0.05) is 45.8 Å². The van der Waals surface area contributed by atoms with Gasteiger partial charge in [0.25, 0.3) is 0 Å². The lowest BCUT2D eigenvalue weighted by Gasteiger charge is -2.40. The van der Waals surface area contributed by atoms with E-state index in [4.69, 9.17) is 9.47 Å². The Balaban J connectivity index is 1.75. The van der Waals surface area contributed by atoms with Crippen molar-refractivity contribution >= 4 is 17.7 Å². The van der Waals surface area contributed by atoms with E-state index in [1.807, 2.05) is 20.8 Å². The van der Waals surface area contributed by atoms with Gasteiger partial charge in [0.1, 0.15) is 11.6 Å². The van der Waals surface area contributed by atoms with Crippen LogP contribution in [0.4, 0.5) is 0 Å². The van der Waals surface area contributed by atoms with E-state index >= 15 is 0 Å². The molecule has 2 bridgehead atoms. The van der Waals surface area contributed by atoms with Gasteiger partial charge in [-0.05, 0) is 32.1 Å². The fourth-order valence-corrected chi connectivity index (χ4v) is 7.76. The molecule has 0 radical (unpaired) electrons. The monoisotopic (exact) mass is 574 g/mol. The molecule has 0 aromatic heterocycles. The molecular weight excluding hydrogens is 524 g/mol. The Hall–Kier alpha value is -2.27. The molecule has 1 spiro atoms. The third-order valence-corrected chi connectivity index (χ3v) is 9.93. The van der Waals surface area contributed by atoms with E-state index in [0.717, 1.165) is 19.5 Å². The molecule has 0 aromatic carbocycles. The molecule has 1 N–H and O–H groups in total. The number of hydrogen-bond acceptors (Lipinski definition) is 7. The SMILES string of the molecule is C=CCN(CCN1CCOCC1)C(=O)C1N([C@@H](CC)CO)C(=O)[C@@H]2[C@@H](C(=O)N(CC=C)CCC)[C@]3(C)OC12CC3C. The van der Waals surface area contributed by atoms with Crippen LogP contribution in [0.2, 0.25) is 0 Å². The van der Waals surface area contributed by atoms with Gasteiger partial charge in [0.05, 0.1) is 43.3 Å². The van der Waals surface area contributed by atoms with Crippen molar-refractivity contribution < 1.29 is 29.0 Å². The molecule has 4 aliphatic heterocycles. The van der Waals surface area contributed by atoms with Gasteiger partial charge in [-0.1, -0.05) is 32.9 Å². The first-order valence-electron chi connectivity index (χ1n) is 15.4. The number of likely N-dealkylation sites (tertiary alicyclic amines) is 1. The minimum atomic E-state index is -1.14. The van der Waals surface area contributed by atoms with Crippen molar-refractivity contribution in [2.24, 2.45) is 17.8 Å². The molecule has 41 heavy (non-hydrogen) atoms. The molecule has 3 amide bonds. The number of aliphatic hydroxyl groups excluding tert-OH is 1. The lowest BCUT2D eigenvalue weighted by Crippen LogP contribution is -2.59. The van der Waals surface area contributed by atoms with Gasteiger partial charge in [-0.25, -0.2) is 0 Å². The summed E-state index contributed by atoms with van der Waals surface area (Å²) in [6.07, 6.45) is 5.17. The van der Waals surface area contributed by atoms with Crippen molar-refractivity contribution in [3.8, 4) is 0 Å². The summed E-state index contributed by atoms with van der Waals surface area (Å²) in [5, 5.41) is 10.4. The highest BCUT2D eigenvalue weighted by Crippen LogP contribution is 2.65. The smallest absolute Gasteiger partial charge is 0.248 e. The number of carbonyl (C=O) groups is 3. The number of amides is 3. The van der Waals surface area contributed by atoms with Crippen molar-refractivity contribution in [1.29, 1.82) is 0 Å². The van der Waals surface area contributed by atoms with Crippen LogP contribution in [0.15, 0.2) is 25.3 Å². The van der Waals surface area contributed by atoms with Gasteiger partial charge in [0.2, 0.25) is 17.7 Å². The number of ether oxygens (including phenoxy) is 2. The second kappa shape index (κ2) is 12.9. The standard InChI is InChI=1S/C31H50N4O6/c1-7-11-33(12-8-2)27(37)24-25-28(38)35(23(10-4)21-36)26(31(25)20-22(5)30(24,6)41-31)29(39)34(13-9-3)15-14-32-16-18-40-19-17-32/h7,9,22-26,36H,1,3,8,10-21H2,2,4-6H3/t22?,23-,24-,25-,26?,30+,31?/m0/s1. The Bertz CT molecular complexity index is 997. The summed E-state index contributed by atoms with van der Waals surface area (Å²) in [4.78, 5) is 50.7. The van der Waals surface area contributed by atoms with Crippen LogP contribution in [0, 0.1) is 17.8 Å². The molecule has 0 aromatic rings. The van der Waals surface area contributed by atoms with Crippen molar-refractivity contribution in [1.82, 2.24) is 19.6 Å². The van der Waals surface area contributed by atoms with E-state index in [0.29, 0.717) is 58.8 Å². The molecule has 4 aliphatic rings. The normalized spacial score (nSPS) is 33.5. The Morgan fingerprint density at radius 2 is 1.76 bits per heavy atom. The Kier molecular flexibility index (Phi) is 9.99. The van der Waals surface area contributed by atoms with Crippen LogP contribution in [-0.4, -0.2) is 131 Å². The number of carbonyl (C=O) groups excluding carboxylic acids is 3. The third kappa shape index (κ3) is 5.37. The number of rotatable bonds is 14. The predicted molar refractivity (Wildman–Crippen MR) is 156 cm³/mol. The molecule has 7 atom stereocenters. The number of morpholine rings is 1. The first-order chi connectivity index (χ1) is 19.6. The fraction of sp³-hybridized carbons (Fsp3) is 0.774. The minimum Gasteiger partial charge on any atom is -0.394 e. The zero-order valence-electron chi connectivity index (χ0n) is 25.4. The molecule has 230 valence electrons. The highest BCUT2D eigenvalue weighted by molar-refractivity contribution is 5.99. The Morgan fingerprint density at radius 3 is 2.32 bits per heavy atom. The molecule has 4 heterocycles. The third-order valence-electron chi connectivity index (χ3n) is 9.93. The predicted octanol–water partition coefficient (Wildman–Crippen LogP) is 1.54. The maximum absolute atomic E-state index is 14.6. The van der Waals surface area contributed by atoms with Crippen molar-refractivity contribution in [3.05, 3.63) is 25.3 Å². The quantitative estimate of drug-likeness (QED) is 0.314. The molecule has 10 nitrogen and oxygen atoms in total. The molecule has 4 fully saturated rings. The molecular formula is C31H50N4O6. The second-order valence-electron chi connectivity index (χ2n) is 12.3. The molecule has 3 unspecified atom stereocenters. The molecule has 0 aliphatic carbocycles. The van der Waals surface area contributed by atoms with Crippen molar-refractivity contribution in [2.75, 3.05) is 65.6 Å². The zero-order valence-corrected chi connectivity index (χ0v) is 25.4. The number of hydrogen-bond donors (Lipinski definition) is 1. The highest BCUT2D eigenvalue weighted by Gasteiger charge is 2.80. The first-order valence-corrected chi connectivity index (χ1v) is 15.4. The zero-order chi connectivity index (χ0) is 29.9. The van der Waals surface area contributed by atoms with Crippen LogP contribution >= 0.6 is 0 Å². The number of nitrogens with zero attached hydrogens (tertiary/aromatic N) is 4. The number of aliphatic hydroxyl groups is 1. The molecule has 4 saturated heterocycles. The van der Waals surface area contributed by atoms with E-state index in [1.165, 1.54) is 0 Å². The first kappa shape index (κ1) is 31.7. The fourth-order valence-electron chi connectivity index (χ4n) is 7.76. The van der Waals surface area contributed by atoms with E-state index in [-0.39, 0.29) is 30.2 Å². The van der Waals surface area contributed by atoms with E-state index < -0.39 is 35.1 Å². The maximum Gasteiger partial charge on any atom is 0.248 e. The van der Waals surface area contributed by atoms with E-state index in [9.17, 15) is 19.5 Å². The summed E-state index contributed by atoms with van der Waals surface area (Å²) < 4.78 is 12.4. The van der Waals surface area contributed by atoms with Gasteiger partial charge < -0.3 is 29.3 Å². The van der Waals surface area contributed by atoms with Crippen molar-refractivity contribution in [2.45, 2.75) is 70.2 Å². The van der Waals surface area contributed by atoms with Gasteiger partial charge >= 0.3 is 0 Å². The summed E-state index contributed by atoms with van der Waals surface area (Å²) in [6, 6.07) is -1.48. The van der Waals surface area contributed by atoms with Gasteiger partial charge in [-0.2, -0.15) is 0 Å². The van der Waals surface area contributed by atoms with Gasteiger partial charge in [0.15, 0.2) is 0 Å². The van der Waals surface area contributed by atoms with Gasteiger partial charge in [-0.3, -0.25) is 19.3 Å². The lowest BCUT2D eigenvalue weighted by molar-refractivity contribution is -0.157. The summed E-state index contributed by atoms with van der Waals surface area (Å²) >= 11 is 0. The van der Waals surface area contributed by atoms with Crippen LogP contribution in [0.1, 0.15) is 47.0 Å². The Labute approximate surface area is 245 Å². The molecule has 4 rings (SSSR count). The average molecular weight is 575 g/mol. The Morgan fingerprint density at radius 1 is 1.12 bits per heavy atom. The van der Waals surface area contributed by atoms with E-state index in [1.54, 1.807) is 26.9 Å². The van der Waals surface area contributed by atoms with Crippen LogP contribution in [0.5, 0.6) is 0 Å². The summed E-state index contributed by atoms with van der Waals surface area (Å²) in [6.45, 7) is 20.7. The topological polar surface area (TPSA) is 103 Å². The average Bonchev–Trinajstić information content (AvgIpc) is 3.48. The summed E-state index contributed by atoms with van der Waals surface area (Å²) in [7, 11) is 0. The summed E-state index contributed by atoms with van der Waals surface area (Å²) in [5.41, 5.74) is -2.02. The van der Waals surface area contributed by atoms with Crippen molar-refractivity contribution in [3.63, 3.8) is 0 Å². The maximum atomic E-state index is 14.6. The summed E-state index contributed by atoms with van der Waals surface area (Å²) in [5.74, 6) is -2.15. The lowest BCUT2D eigenvalue weighted by atomic mass is 9.62.